The maximum Gasteiger partial charge on any atom is 0.0333 e. The number of nitrogens with one attached hydrogen (secondary N) is 1. The Morgan fingerprint density at radius 1 is 1.56 bits per heavy atom. The predicted octanol–water partition coefficient (Wildman–Crippen LogP) is 2.75. The molecular weight excluding hydrogens is 216 g/mol. The van der Waals surface area contributed by atoms with Crippen molar-refractivity contribution in [2.45, 2.75) is 44.7 Å². The van der Waals surface area contributed by atoms with E-state index in [0.29, 0.717) is 5.92 Å². The number of rotatable bonds is 4. The average molecular weight is 238 g/mol. The number of nitrogens with two attached hydrogens (primary N) is 1. The van der Waals surface area contributed by atoms with Gasteiger partial charge in [-0.25, -0.2) is 0 Å². The summed E-state index contributed by atoms with van der Waals surface area (Å²) in [5.41, 5.74) is 6.19. The van der Waals surface area contributed by atoms with Gasteiger partial charge in [0.2, 0.25) is 0 Å². The van der Waals surface area contributed by atoms with E-state index in [2.05, 4.69) is 29.8 Å². The van der Waals surface area contributed by atoms with Crippen molar-refractivity contribution in [2.24, 2.45) is 11.7 Å². The Hall–Kier alpha value is -0.380. The van der Waals surface area contributed by atoms with Gasteiger partial charge in [-0.15, -0.1) is 11.3 Å². The third-order valence-corrected chi connectivity index (χ3v) is 4.89. The van der Waals surface area contributed by atoms with Crippen LogP contribution in [0.4, 0.5) is 0 Å². The monoisotopic (exact) mass is 238 g/mol. The highest BCUT2D eigenvalue weighted by Crippen LogP contribution is 2.33. The van der Waals surface area contributed by atoms with E-state index >= 15 is 0 Å². The molecule has 0 saturated heterocycles. The second kappa shape index (κ2) is 5.30. The summed E-state index contributed by atoms with van der Waals surface area (Å²) >= 11 is 1.82. The molecule has 1 saturated carbocycles. The van der Waals surface area contributed by atoms with Crippen molar-refractivity contribution >= 4 is 11.3 Å². The predicted molar refractivity (Wildman–Crippen MR) is 70.6 cm³/mol. The van der Waals surface area contributed by atoms with Gasteiger partial charge in [0, 0.05) is 23.5 Å². The van der Waals surface area contributed by atoms with Gasteiger partial charge in [-0.1, -0.05) is 25.8 Å². The van der Waals surface area contributed by atoms with Crippen LogP contribution in [-0.4, -0.2) is 12.1 Å². The van der Waals surface area contributed by atoms with E-state index in [1.54, 1.807) is 0 Å². The molecule has 0 spiro atoms. The van der Waals surface area contributed by atoms with Gasteiger partial charge in [0.15, 0.2) is 0 Å². The minimum atomic E-state index is 0.183. The second-order valence-electron chi connectivity index (χ2n) is 4.94. The van der Waals surface area contributed by atoms with Gasteiger partial charge in [-0.2, -0.15) is 0 Å². The zero-order valence-corrected chi connectivity index (χ0v) is 10.9. The molecule has 0 aliphatic heterocycles. The highest BCUT2D eigenvalue weighted by atomic mass is 32.1. The van der Waals surface area contributed by atoms with E-state index in [-0.39, 0.29) is 5.54 Å². The fourth-order valence-electron chi connectivity index (χ4n) is 2.73. The van der Waals surface area contributed by atoms with Crippen LogP contribution in [-0.2, 0) is 6.54 Å². The van der Waals surface area contributed by atoms with E-state index in [0.717, 1.165) is 13.1 Å². The Labute approximate surface area is 102 Å². The van der Waals surface area contributed by atoms with Gasteiger partial charge < -0.3 is 11.1 Å². The molecule has 2 rings (SSSR count). The highest BCUT2D eigenvalue weighted by molar-refractivity contribution is 7.09. The van der Waals surface area contributed by atoms with Gasteiger partial charge in [0.25, 0.3) is 0 Å². The standard InChI is InChI=1S/C13H22N2S/c1-11-5-2-3-7-13(11,10-14)15-9-12-6-4-8-16-12/h4,6,8,11,15H,2-3,5,7,9-10,14H2,1H3. The molecule has 2 atom stereocenters. The maximum atomic E-state index is 6.01. The number of hydrogen-bond donors (Lipinski definition) is 2. The molecule has 1 aliphatic rings. The molecule has 0 amide bonds. The summed E-state index contributed by atoms with van der Waals surface area (Å²) in [7, 11) is 0. The van der Waals surface area contributed by atoms with Crippen LogP contribution in [0.1, 0.15) is 37.5 Å². The lowest BCUT2D eigenvalue weighted by molar-refractivity contribution is 0.160. The summed E-state index contributed by atoms with van der Waals surface area (Å²) in [5, 5.41) is 5.86. The van der Waals surface area contributed by atoms with Crippen molar-refractivity contribution in [3.63, 3.8) is 0 Å². The molecule has 16 heavy (non-hydrogen) atoms. The van der Waals surface area contributed by atoms with Crippen molar-refractivity contribution in [3.05, 3.63) is 22.4 Å². The Bertz CT molecular complexity index is 310. The molecule has 3 heteroatoms. The Morgan fingerprint density at radius 3 is 3.06 bits per heavy atom. The van der Waals surface area contributed by atoms with Crippen LogP contribution in [0.15, 0.2) is 17.5 Å². The topological polar surface area (TPSA) is 38.0 Å². The summed E-state index contributed by atoms with van der Waals surface area (Å²) in [6.45, 7) is 4.08. The van der Waals surface area contributed by atoms with Crippen molar-refractivity contribution < 1.29 is 0 Å². The lowest BCUT2D eigenvalue weighted by atomic mass is 9.73. The summed E-state index contributed by atoms with van der Waals surface area (Å²) in [4.78, 5) is 1.41. The second-order valence-corrected chi connectivity index (χ2v) is 5.97. The Morgan fingerprint density at radius 2 is 2.44 bits per heavy atom. The van der Waals surface area contributed by atoms with Crippen LogP contribution in [0, 0.1) is 5.92 Å². The molecule has 90 valence electrons. The fourth-order valence-corrected chi connectivity index (χ4v) is 3.37. The van der Waals surface area contributed by atoms with E-state index in [9.17, 15) is 0 Å². The minimum Gasteiger partial charge on any atom is -0.329 e. The van der Waals surface area contributed by atoms with Gasteiger partial charge in [0.05, 0.1) is 0 Å². The van der Waals surface area contributed by atoms with Crippen molar-refractivity contribution in [1.82, 2.24) is 5.32 Å². The molecule has 1 aliphatic carbocycles. The third-order valence-electron chi connectivity index (χ3n) is 4.01. The number of hydrogen-bond acceptors (Lipinski definition) is 3. The molecule has 1 fully saturated rings. The number of thiophene rings is 1. The first-order chi connectivity index (χ1) is 7.77. The summed E-state index contributed by atoms with van der Waals surface area (Å²) < 4.78 is 0. The summed E-state index contributed by atoms with van der Waals surface area (Å²) in [5.74, 6) is 0.700. The minimum absolute atomic E-state index is 0.183. The first-order valence-electron chi connectivity index (χ1n) is 6.24. The molecule has 3 N–H and O–H groups in total. The van der Waals surface area contributed by atoms with Gasteiger partial charge in [-0.05, 0) is 30.2 Å². The van der Waals surface area contributed by atoms with Gasteiger partial charge >= 0.3 is 0 Å². The molecule has 0 aromatic carbocycles. The Kier molecular flexibility index (Phi) is 4.00. The van der Waals surface area contributed by atoms with Crippen LogP contribution in [0.3, 0.4) is 0 Å². The quantitative estimate of drug-likeness (QED) is 0.846. The fraction of sp³-hybridized carbons (Fsp3) is 0.692. The molecule has 0 bridgehead atoms. The lowest BCUT2D eigenvalue weighted by Crippen LogP contribution is -2.56. The smallest absolute Gasteiger partial charge is 0.0333 e. The van der Waals surface area contributed by atoms with E-state index in [4.69, 9.17) is 5.73 Å². The molecule has 1 heterocycles. The van der Waals surface area contributed by atoms with E-state index < -0.39 is 0 Å². The average Bonchev–Trinajstić information content (AvgIpc) is 2.82. The van der Waals surface area contributed by atoms with Crippen LogP contribution < -0.4 is 11.1 Å². The third kappa shape index (κ3) is 2.47. The molecule has 1 aromatic heterocycles. The van der Waals surface area contributed by atoms with Crippen molar-refractivity contribution in [3.8, 4) is 0 Å². The van der Waals surface area contributed by atoms with Crippen LogP contribution >= 0.6 is 11.3 Å². The van der Waals surface area contributed by atoms with Gasteiger partial charge in [-0.3, -0.25) is 0 Å². The van der Waals surface area contributed by atoms with Crippen molar-refractivity contribution in [2.75, 3.05) is 6.54 Å². The van der Waals surface area contributed by atoms with E-state index in [1.165, 1.54) is 30.6 Å². The molecular formula is C13H22N2S. The molecule has 2 unspecified atom stereocenters. The van der Waals surface area contributed by atoms with Crippen LogP contribution in [0.2, 0.25) is 0 Å². The summed E-state index contributed by atoms with van der Waals surface area (Å²) in [6, 6.07) is 4.30. The first kappa shape index (κ1) is 12.1. The largest absolute Gasteiger partial charge is 0.329 e. The lowest BCUT2D eigenvalue weighted by Gasteiger charge is -2.43. The van der Waals surface area contributed by atoms with Crippen LogP contribution in [0.5, 0.6) is 0 Å². The zero-order valence-electron chi connectivity index (χ0n) is 10.0. The SMILES string of the molecule is CC1CCCCC1(CN)NCc1cccs1. The summed E-state index contributed by atoms with van der Waals surface area (Å²) in [6.07, 6.45) is 5.23. The molecule has 1 aromatic rings. The van der Waals surface area contributed by atoms with Crippen LogP contribution in [0.25, 0.3) is 0 Å². The Balaban J connectivity index is 1.98. The normalized spacial score (nSPS) is 30.5. The highest BCUT2D eigenvalue weighted by Gasteiger charge is 2.36. The van der Waals surface area contributed by atoms with Gasteiger partial charge in [0.1, 0.15) is 0 Å². The zero-order chi connectivity index (χ0) is 11.4. The first-order valence-corrected chi connectivity index (χ1v) is 7.12. The van der Waals surface area contributed by atoms with Crippen molar-refractivity contribution in [1.29, 1.82) is 0 Å². The van der Waals surface area contributed by atoms with E-state index in [1.807, 2.05) is 11.3 Å². The molecule has 2 nitrogen and oxygen atoms in total. The maximum absolute atomic E-state index is 6.01. The molecule has 0 radical (unpaired) electrons.